The summed E-state index contributed by atoms with van der Waals surface area (Å²) in [5.41, 5.74) is 5.26. The van der Waals surface area contributed by atoms with Crippen molar-refractivity contribution in [1.29, 1.82) is 0 Å². The van der Waals surface area contributed by atoms with Crippen LogP contribution in [-0.2, 0) is 17.0 Å². The molecule has 0 atom stereocenters. The fraction of sp³-hybridized carbons (Fsp3) is 0. The molecule has 0 fully saturated rings. The molecule has 0 aromatic heterocycles. The van der Waals surface area contributed by atoms with Gasteiger partial charge in [0.05, 0.1) is 0 Å². The molecular weight excluding hydrogens is 299 g/mol. The maximum atomic E-state index is 4.89. The van der Waals surface area contributed by atoms with Gasteiger partial charge in [-0.15, -0.1) is 0 Å². The van der Waals surface area contributed by atoms with Crippen LogP contribution in [0.4, 0.5) is 0 Å². The van der Waals surface area contributed by atoms with Crippen molar-refractivity contribution in [2.75, 3.05) is 0 Å². The Hall–Kier alpha value is -0.526. The maximum absolute atomic E-state index is 4.89. The first-order valence-electron chi connectivity index (χ1n) is 5.53. The van der Waals surface area contributed by atoms with Crippen molar-refractivity contribution >= 4 is 24.7 Å². The molecule has 0 unspecified atom stereocenters. The molecule has 2 aromatic rings. The zero-order valence-electron chi connectivity index (χ0n) is 9.61. The van der Waals surface area contributed by atoms with E-state index in [4.69, 9.17) is 18.6 Å². The first kappa shape index (κ1) is 13.9. The first-order chi connectivity index (χ1) is 8.86. The van der Waals surface area contributed by atoms with Gasteiger partial charge < -0.3 is 0 Å². The van der Waals surface area contributed by atoms with E-state index >= 15 is 0 Å². The monoisotopic (exact) mass is 309 g/mol. The van der Waals surface area contributed by atoms with E-state index in [1.54, 1.807) is 0 Å². The van der Waals surface area contributed by atoms with Gasteiger partial charge in [-0.05, 0) is 22.3 Å². The summed E-state index contributed by atoms with van der Waals surface area (Å²) < 4.78 is 0. The molecule has 3 heteroatoms. The van der Waals surface area contributed by atoms with E-state index in [0.29, 0.717) is 0 Å². The Bertz CT molecular complexity index is 535. The van der Waals surface area contributed by atoms with Gasteiger partial charge in [-0.1, -0.05) is 60.7 Å². The van der Waals surface area contributed by atoms with Gasteiger partial charge in [0, 0.05) is 6.42 Å². The summed E-state index contributed by atoms with van der Waals surface area (Å²) in [5, 5.41) is 0. The number of halogens is 2. The summed E-state index contributed by atoms with van der Waals surface area (Å²) in [6.07, 6.45) is 6.44. The predicted octanol–water partition coefficient (Wildman–Crippen LogP) is 5.31. The van der Waals surface area contributed by atoms with Crippen LogP contribution in [0.25, 0.3) is 17.2 Å². The van der Waals surface area contributed by atoms with Crippen LogP contribution in [0.3, 0.4) is 0 Å². The van der Waals surface area contributed by atoms with Crippen LogP contribution in [0.5, 0.6) is 0 Å². The Kier molecular flexibility index (Phi) is 5.53. The van der Waals surface area contributed by atoms with Crippen molar-refractivity contribution in [1.82, 2.24) is 0 Å². The molecule has 0 aliphatic heterocycles. The number of hydrogen-bond acceptors (Lipinski definition) is 0. The predicted molar refractivity (Wildman–Crippen MR) is 76.0 cm³/mol. The van der Waals surface area contributed by atoms with Gasteiger partial charge in [0.25, 0.3) is 0 Å². The van der Waals surface area contributed by atoms with Crippen molar-refractivity contribution in [2.24, 2.45) is 0 Å². The summed E-state index contributed by atoms with van der Waals surface area (Å²) >= 11 is -0.556. The van der Waals surface area contributed by atoms with Crippen LogP contribution in [0.2, 0.25) is 0 Å². The van der Waals surface area contributed by atoms with Crippen LogP contribution >= 0.6 is 18.6 Å². The summed E-state index contributed by atoms with van der Waals surface area (Å²) in [6.45, 7) is 0. The molecule has 0 saturated carbocycles. The van der Waals surface area contributed by atoms with Gasteiger partial charge in [0.2, 0.25) is 0 Å². The third-order valence-electron chi connectivity index (χ3n) is 2.76. The van der Waals surface area contributed by atoms with Crippen molar-refractivity contribution in [3.05, 3.63) is 72.2 Å². The molecule has 0 amide bonds. The average molecular weight is 310 g/mol. The molecule has 0 saturated heterocycles. The quantitative estimate of drug-likeness (QED) is 0.626. The van der Waals surface area contributed by atoms with Crippen LogP contribution < -0.4 is 0 Å². The molecule has 0 bridgehead atoms. The molecule has 18 heavy (non-hydrogen) atoms. The summed E-state index contributed by atoms with van der Waals surface area (Å²) in [7, 11) is 9.78. The molecule has 3 rings (SSSR count). The van der Waals surface area contributed by atoms with Gasteiger partial charge in [-0.3, -0.25) is 0 Å². The normalized spacial score (nSPS) is 11.4. The van der Waals surface area contributed by atoms with E-state index in [1.165, 1.54) is 22.3 Å². The van der Waals surface area contributed by atoms with Gasteiger partial charge >= 0.3 is 35.6 Å². The fourth-order valence-electron chi connectivity index (χ4n) is 2.03. The Morgan fingerprint density at radius 2 is 1.56 bits per heavy atom. The number of benzene rings is 2. The molecule has 0 spiro atoms. The zero-order valence-corrected chi connectivity index (χ0v) is 12.7. The molecule has 1 aliphatic rings. The first-order valence-corrected chi connectivity index (χ1v) is 9.82. The molecule has 0 N–H and O–H groups in total. The van der Waals surface area contributed by atoms with Crippen LogP contribution in [0.1, 0.15) is 11.1 Å². The van der Waals surface area contributed by atoms with Gasteiger partial charge in [0.1, 0.15) is 0 Å². The van der Waals surface area contributed by atoms with Gasteiger partial charge in [-0.2, -0.15) is 0 Å². The van der Waals surface area contributed by atoms with Crippen LogP contribution in [0.15, 0.2) is 54.6 Å². The SMILES string of the molecule is [CH]1C=Cc2c1cccc2-c1ccccc1.[Cl][Ti][Cl]. The van der Waals surface area contributed by atoms with E-state index in [2.05, 4.69) is 67.1 Å². The third kappa shape index (κ3) is 3.27. The average Bonchev–Trinajstić information content (AvgIpc) is 2.89. The molecule has 1 aliphatic carbocycles. The minimum absolute atomic E-state index is 0.556. The van der Waals surface area contributed by atoms with Crippen LogP contribution in [0, 0.1) is 6.42 Å². The molecule has 89 valence electrons. The van der Waals surface area contributed by atoms with E-state index in [9.17, 15) is 0 Å². The second-order valence-corrected chi connectivity index (χ2v) is 6.35. The fourth-order valence-corrected chi connectivity index (χ4v) is 2.03. The van der Waals surface area contributed by atoms with Crippen molar-refractivity contribution in [3.63, 3.8) is 0 Å². The molecule has 1 radical (unpaired) electrons. The Balaban J connectivity index is 0.000000367. The van der Waals surface area contributed by atoms with Gasteiger partial charge in [0.15, 0.2) is 0 Å². The molecule has 2 aromatic carbocycles. The number of rotatable bonds is 1. The number of hydrogen-bond donors (Lipinski definition) is 0. The number of fused-ring (bicyclic) bond motifs is 1. The van der Waals surface area contributed by atoms with Gasteiger partial charge in [-0.25, -0.2) is 0 Å². The molecular formula is C15H11Cl2Ti. The summed E-state index contributed by atoms with van der Waals surface area (Å²) in [5.74, 6) is 0. The Morgan fingerprint density at radius 3 is 2.28 bits per heavy atom. The van der Waals surface area contributed by atoms with Crippen LogP contribution in [-0.4, -0.2) is 0 Å². The second-order valence-electron chi connectivity index (χ2n) is 3.77. The van der Waals surface area contributed by atoms with Crippen molar-refractivity contribution in [3.8, 4) is 11.1 Å². The van der Waals surface area contributed by atoms with E-state index in [1.807, 2.05) is 0 Å². The second kappa shape index (κ2) is 7.16. The van der Waals surface area contributed by atoms with Crippen molar-refractivity contribution in [2.45, 2.75) is 0 Å². The minimum atomic E-state index is -0.556. The Labute approximate surface area is 124 Å². The molecule has 0 heterocycles. The van der Waals surface area contributed by atoms with E-state index in [0.717, 1.165) is 0 Å². The summed E-state index contributed by atoms with van der Waals surface area (Å²) in [6, 6.07) is 17.0. The van der Waals surface area contributed by atoms with E-state index in [-0.39, 0.29) is 0 Å². The van der Waals surface area contributed by atoms with Crippen molar-refractivity contribution < 1.29 is 17.0 Å². The van der Waals surface area contributed by atoms with E-state index < -0.39 is 17.0 Å². The zero-order chi connectivity index (χ0) is 12.8. The third-order valence-corrected chi connectivity index (χ3v) is 2.76. The Morgan fingerprint density at radius 1 is 0.833 bits per heavy atom. The topological polar surface area (TPSA) is 0 Å². The molecule has 0 nitrogen and oxygen atoms in total. The summed E-state index contributed by atoms with van der Waals surface area (Å²) in [4.78, 5) is 0. The number of allylic oxidation sites excluding steroid dienone is 1. The standard InChI is InChI=1S/C15H11.2ClH.Ti/c1-2-6-12(7-3-1)14-10-4-8-13-9-5-11-15(13)14;;;/h1-11H;2*1H;/q;;;+2/p-2.